The Labute approximate surface area is 78.9 Å². The number of anilines is 1. The van der Waals surface area contributed by atoms with Gasteiger partial charge in [-0.3, -0.25) is 4.98 Å². The van der Waals surface area contributed by atoms with Gasteiger partial charge >= 0.3 is 0 Å². The Balaban J connectivity index is 2.90. The molecule has 0 radical (unpaired) electrons. The maximum atomic E-state index is 5.86. The minimum absolute atomic E-state index is 0.548. The number of rotatable bonds is 3. The average molecular weight is 180 g/mol. The van der Waals surface area contributed by atoms with Gasteiger partial charge in [0.15, 0.2) is 0 Å². The fourth-order valence-corrected chi connectivity index (χ4v) is 1.14. The van der Waals surface area contributed by atoms with Crippen LogP contribution in [0.2, 0.25) is 0 Å². The van der Waals surface area contributed by atoms with E-state index in [0.717, 1.165) is 22.5 Å². The van der Waals surface area contributed by atoms with Crippen molar-refractivity contribution in [3.05, 3.63) is 23.0 Å². The van der Waals surface area contributed by atoms with Gasteiger partial charge in [0.2, 0.25) is 0 Å². The van der Waals surface area contributed by atoms with E-state index in [2.05, 4.69) is 4.98 Å². The third kappa shape index (κ3) is 2.18. The van der Waals surface area contributed by atoms with Gasteiger partial charge in [0, 0.05) is 18.5 Å². The third-order valence-corrected chi connectivity index (χ3v) is 2.12. The van der Waals surface area contributed by atoms with E-state index in [9.17, 15) is 0 Å². The summed E-state index contributed by atoms with van der Waals surface area (Å²) in [4.78, 5) is 4.27. The van der Waals surface area contributed by atoms with Gasteiger partial charge in [0.05, 0.1) is 12.3 Å². The van der Waals surface area contributed by atoms with Crippen molar-refractivity contribution in [3.8, 4) is 0 Å². The first-order valence-corrected chi connectivity index (χ1v) is 4.45. The number of ether oxygens (including phenoxy) is 1. The molecule has 72 valence electrons. The molecular formula is C10H16N2O. The number of nitrogens with two attached hydrogens (primary N) is 1. The number of pyridine rings is 1. The Hall–Kier alpha value is -1.09. The maximum Gasteiger partial charge on any atom is 0.0891 e. The highest BCUT2D eigenvalue weighted by molar-refractivity contribution is 5.53. The van der Waals surface area contributed by atoms with Crippen molar-refractivity contribution >= 4 is 5.69 Å². The number of nitrogens with zero attached hydrogens (tertiary/aromatic N) is 1. The molecule has 2 N–H and O–H groups in total. The predicted octanol–water partition coefficient (Wildman–Crippen LogP) is 1.82. The van der Waals surface area contributed by atoms with E-state index in [1.807, 2.05) is 20.8 Å². The maximum absolute atomic E-state index is 5.86. The molecule has 0 aliphatic rings. The van der Waals surface area contributed by atoms with Gasteiger partial charge < -0.3 is 10.5 Å². The molecule has 0 spiro atoms. The summed E-state index contributed by atoms with van der Waals surface area (Å²) in [5.74, 6) is 0. The number of hydrogen-bond donors (Lipinski definition) is 1. The van der Waals surface area contributed by atoms with Gasteiger partial charge in [0.25, 0.3) is 0 Å². The predicted molar refractivity (Wildman–Crippen MR) is 53.5 cm³/mol. The van der Waals surface area contributed by atoms with Gasteiger partial charge in [-0.15, -0.1) is 0 Å². The summed E-state index contributed by atoms with van der Waals surface area (Å²) in [5, 5.41) is 0. The zero-order valence-corrected chi connectivity index (χ0v) is 8.42. The van der Waals surface area contributed by atoms with Crippen LogP contribution in [0.4, 0.5) is 5.69 Å². The second kappa shape index (κ2) is 4.23. The van der Waals surface area contributed by atoms with E-state index < -0.39 is 0 Å². The number of nitrogen functional groups attached to an aromatic ring is 1. The zero-order valence-electron chi connectivity index (χ0n) is 8.42. The fourth-order valence-electron chi connectivity index (χ4n) is 1.14. The first kappa shape index (κ1) is 9.99. The molecule has 0 aliphatic carbocycles. The van der Waals surface area contributed by atoms with Crippen molar-refractivity contribution < 1.29 is 4.74 Å². The van der Waals surface area contributed by atoms with Crippen molar-refractivity contribution in [3.63, 3.8) is 0 Å². The van der Waals surface area contributed by atoms with Crippen molar-refractivity contribution in [1.82, 2.24) is 4.98 Å². The molecule has 0 saturated heterocycles. The summed E-state index contributed by atoms with van der Waals surface area (Å²) in [7, 11) is 0. The van der Waals surface area contributed by atoms with Crippen molar-refractivity contribution in [2.45, 2.75) is 27.4 Å². The van der Waals surface area contributed by atoms with Gasteiger partial charge in [-0.2, -0.15) is 0 Å². The first-order chi connectivity index (χ1) is 6.16. The van der Waals surface area contributed by atoms with Crippen LogP contribution in [0.25, 0.3) is 0 Å². The average Bonchev–Trinajstić information content (AvgIpc) is 2.13. The van der Waals surface area contributed by atoms with Crippen LogP contribution in [0, 0.1) is 13.8 Å². The lowest BCUT2D eigenvalue weighted by Crippen LogP contribution is -2.03. The minimum atomic E-state index is 0.548. The van der Waals surface area contributed by atoms with Crippen LogP contribution in [-0.4, -0.2) is 11.6 Å². The molecule has 0 amide bonds. The quantitative estimate of drug-likeness (QED) is 0.771. The second-order valence-corrected chi connectivity index (χ2v) is 3.06. The number of aromatic nitrogens is 1. The van der Waals surface area contributed by atoms with E-state index in [4.69, 9.17) is 10.5 Å². The Morgan fingerprint density at radius 3 is 2.77 bits per heavy atom. The summed E-state index contributed by atoms with van der Waals surface area (Å²) in [5.41, 5.74) is 9.68. The van der Waals surface area contributed by atoms with Gasteiger partial charge in [-0.25, -0.2) is 0 Å². The highest BCUT2D eigenvalue weighted by Gasteiger charge is 2.05. The van der Waals surface area contributed by atoms with Crippen LogP contribution in [0.5, 0.6) is 0 Å². The van der Waals surface area contributed by atoms with Crippen LogP contribution < -0.4 is 5.73 Å². The van der Waals surface area contributed by atoms with Crippen LogP contribution in [0.1, 0.15) is 23.7 Å². The molecule has 1 rings (SSSR count). The van der Waals surface area contributed by atoms with Gasteiger partial charge in [0.1, 0.15) is 0 Å². The molecule has 1 aromatic rings. The van der Waals surface area contributed by atoms with Gasteiger partial charge in [-0.05, 0) is 31.9 Å². The van der Waals surface area contributed by atoms with E-state index in [1.165, 1.54) is 0 Å². The Kier molecular flexibility index (Phi) is 3.25. The van der Waals surface area contributed by atoms with Crippen molar-refractivity contribution in [1.29, 1.82) is 0 Å². The molecule has 0 atom stereocenters. The molecule has 0 bridgehead atoms. The summed E-state index contributed by atoms with van der Waals surface area (Å²) in [6.07, 6.45) is 1.79. The molecule has 13 heavy (non-hydrogen) atoms. The molecule has 0 aliphatic heterocycles. The molecule has 0 fully saturated rings. The summed E-state index contributed by atoms with van der Waals surface area (Å²) >= 11 is 0. The van der Waals surface area contributed by atoms with Crippen LogP contribution in [0.3, 0.4) is 0 Å². The lowest BCUT2D eigenvalue weighted by molar-refractivity contribution is 0.131. The zero-order chi connectivity index (χ0) is 9.84. The van der Waals surface area contributed by atoms with Crippen LogP contribution >= 0.6 is 0 Å². The highest BCUT2D eigenvalue weighted by atomic mass is 16.5. The highest BCUT2D eigenvalue weighted by Crippen LogP contribution is 2.18. The second-order valence-electron chi connectivity index (χ2n) is 3.06. The molecule has 0 aromatic carbocycles. The topological polar surface area (TPSA) is 48.1 Å². The molecule has 0 saturated carbocycles. The first-order valence-electron chi connectivity index (χ1n) is 4.45. The standard InChI is InChI=1S/C10H16N2O/c1-4-13-6-9-8(3)10(11)7(2)5-12-9/h5H,4,6H2,1-3H3,(H2,11,12). The number of aryl methyl sites for hydroxylation is 1. The third-order valence-electron chi connectivity index (χ3n) is 2.12. The van der Waals surface area contributed by atoms with E-state index in [0.29, 0.717) is 13.2 Å². The summed E-state index contributed by atoms with van der Waals surface area (Å²) in [6, 6.07) is 0. The van der Waals surface area contributed by atoms with Crippen LogP contribution in [0.15, 0.2) is 6.20 Å². The molecular weight excluding hydrogens is 164 g/mol. The minimum Gasteiger partial charge on any atom is -0.398 e. The lowest BCUT2D eigenvalue weighted by Gasteiger charge is -2.09. The van der Waals surface area contributed by atoms with Crippen LogP contribution in [-0.2, 0) is 11.3 Å². The fraction of sp³-hybridized carbons (Fsp3) is 0.500. The molecule has 3 nitrogen and oxygen atoms in total. The number of hydrogen-bond acceptors (Lipinski definition) is 3. The summed E-state index contributed by atoms with van der Waals surface area (Å²) in [6.45, 7) is 7.15. The molecule has 1 aromatic heterocycles. The molecule has 0 unspecified atom stereocenters. The largest absolute Gasteiger partial charge is 0.398 e. The van der Waals surface area contributed by atoms with E-state index >= 15 is 0 Å². The van der Waals surface area contributed by atoms with E-state index in [-0.39, 0.29) is 0 Å². The Bertz CT molecular complexity index is 297. The van der Waals surface area contributed by atoms with E-state index in [1.54, 1.807) is 6.20 Å². The molecule has 3 heteroatoms. The van der Waals surface area contributed by atoms with Crippen molar-refractivity contribution in [2.24, 2.45) is 0 Å². The summed E-state index contributed by atoms with van der Waals surface area (Å²) < 4.78 is 5.28. The smallest absolute Gasteiger partial charge is 0.0891 e. The normalized spacial score (nSPS) is 10.4. The van der Waals surface area contributed by atoms with Crippen molar-refractivity contribution in [2.75, 3.05) is 12.3 Å². The monoisotopic (exact) mass is 180 g/mol. The Morgan fingerprint density at radius 1 is 1.46 bits per heavy atom. The lowest BCUT2D eigenvalue weighted by atomic mass is 10.1. The Morgan fingerprint density at radius 2 is 2.15 bits per heavy atom. The SMILES string of the molecule is CCOCc1ncc(C)c(N)c1C. The van der Waals surface area contributed by atoms with Gasteiger partial charge in [-0.1, -0.05) is 0 Å². The molecule has 1 heterocycles.